The van der Waals surface area contributed by atoms with Gasteiger partial charge in [-0.05, 0) is 18.2 Å². The quantitative estimate of drug-likeness (QED) is 0.406. The zero-order valence-electron chi connectivity index (χ0n) is 13.5. The smallest absolute Gasteiger partial charge is 0.273 e. The second kappa shape index (κ2) is 7.06. The number of carbonyl (C=O) groups excluding carboxylic acids is 1. The van der Waals surface area contributed by atoms with Crippen molar-refractivity contribution in [1.29, 1.82) is 0 Å². The van der Waals surface area contributed by atoms with Crippen molar-refractivity contribution in [3.8, 4) is 17.0 Å². The van der Waals surface area contributed by atoms with Crippen LogP contribution in [0.1, 0.15) is 10.5 Å². The summed E-state index contributed by atoms with van der Waals surface area (Å²) < 4.78 is 71.8. The predicted octanol–water partition coefficient (Wildman–Crippen LogP) is 4.03. The summed E-state index contributed by atoms with van der Waals surface area (Å²) in [5.41, 5.74) is -0.831. The molecule has 0 saturated heterocycles. The molecule has 0 aliphatic rings. The van der Waals surface area contributed by atoms with Crippen LogP contribution >= 0.6 is 0 Å². The highest BCUT2D eigenvalue weighted by Crippen LogP contribution is 2.28. The Labute approximate surface area is 148 Å². The number of hydrogen-bond acceptors (Lipinski definition) is 3. The lowest BCUT2D eigenvalue weighted by Gasteiger charge is -2.08. The van der Waals surface area contributed by atoms with Gasteiger partial charge in [0.2, 0.25) is 5.82 Å². The van der Waals surface area contributed by atoms with E-state index in [0.717, 1.165) is 0 Å². The molecule has 1 aromatic heterocycles. The standard InChI is InChI=1S/C17H10F5N3O2/c1-27-8-4-2-3-7(5-8)9-6-10(25-24-9)17(26)23-16-14(21)12(19)11(18)13(20)15(16)22/h2-6H,1H3,(H,23,26)(H,24,25). The van der Waals surface area contributed by atoms with Gasteiger partial charge < -0.3 is 10.1 Å². The number of carbonyl (C=O) groups is 1. The number of nitrogens with zero attached hydrogens (tertiary/aromatic N) is 1. The Bertz CT molecular complexity index is 1010. The molecular formula is C17H10F5N3O2. The van der Waals surface area contributed by atoms with Gasteiger partial charge in [0.15, 0.2) is 23.3 Å². The maximum absolute atomic E-state index is 13.7. The van der Waals surface area contributed by atoms with Crippen LogP contribution in [0.3, 0.4) is 0 Å². The zero-order chi connectivity index (χ0) is 19.7. The molecule has 2 N–H and O–H groups in total. The summed E-state index contributed by atoms with van der Waals surface area (Å²) in [7, 11) is 1.46. The largest absolute Gasteiger partial charge is 0.497 e. The molecule has 0 aliphatic heterocycles. The fourth-order valence-corrected chi connectivity index (χ4v) is 2.26. The highest BCUT2D eigenvalue weighted by atomic mass is 19.2. The molecule has 0 atom stereocenters. The number of anilines is 1. The average molecular weight is 383 g/mol. The number of aromatic nitrogens is 2. The van der Waals surface area contributed by atoms with Crippen molar-refractivity contribution in [2.45, 2.75) is 0 Å². The van der Waals surface area contributed by atoms with Gasteiger partial charge in [-0.2, -0.15) is 5.10 Å². The molecule has 0 bridgehead atoms. The van der Waals surface area contributed by atoms with E-state index >= 15 is 0 Å². The Balaban J connectivity index is 1.90. The molecule has 27 heavy (non-hydrogen) atoms. The molecule has 10 heteroatoms. The topological polar surface area (TPSA) is 67.0 Å². The van der Waals surface area contributed by atoms with E-state index < -0.39 is 40.7 Å². The molecule has 0 fully saturated rings. The van der Waals surface area contributed by atoms with Crippen molar-refractivity contribution < 1.29 is 31.5 Å². The summed E-state index contributed by atoms with van der Waals surface area (Å²) in [5.74, 6) is -11.5. The first-order valence-corrected chi connectivity index (χ1v) is 7.36. The molecule has 0 radical (unpaired) electrons. The number of ether oxygens (including phenoxy) is 1. The normalized spacial score (nSPS) is 10.7. The molecule has 0 unspecified atom stereocenters. The van der Waals surface area contributed by atoms with Crippen molar-refractivity contribution in [3.63, 3.8) is 0 Å². The third-order valence-electron chi connectivity index (χ3n) is 3.64. The number of rotatable bonds is 4. The van der Waals surface area contributed by atoms with E-state index in [1.807, 2.05) is 0 Å². The minimum absolute atomic E-state index is 0.253. The molecule has 0 spiro atoms. The van der Waals surface area contributed by atoms with Crippen molar-refractivity contribution in [3.05, 3.63) is 65.1 Å². The van der Waals surface area contributed by atoms with E-state index in [1.165, 1.54) is 13.2 Å². The van der Waals surface area contributed by atoms with Crippen LogP contribution < -0.4 is 10.1 Å². The van der Waals surface area contributed by atoms with Crippen molar-refractivity contribution in [1.82, 2.24) is 10.2 Å². The van der Waals surface area contributed by atoms with Crippen LogP contribution in [-0.2, 0) is 0 Å². The average Bonchev–Trinajstić information content (AvgIpc) is 3.18. The third kappa shape index (κ3) is 3.33. The van der Waals surface area contributed by atoms with Gasteiger partial charge in [-0.15, -0.1) is 0 Å². The van der Waals surface area contributed by atoms with Crippen LogP contribution in [0.5, 0.6) is 5.75 Å². The summed E-state index contributed by atoms with van der Waals surface area (Å²) >= 11 is 0. The number of benzene rings is 2. The number of amides is 1. The van der Waals surface area contributed by atoms with Gasteiger partial charge in [0.25, 0.3) is 5.91 Å². The lowest BCUT2D eigenvalue weighted by Crippen LogP contribution is -2.17. The summed E-state index contributed by atoms with van der Waals surface area (Å²) in [5, 5.41) is 7.87. The zero-order valence-corrected chi connectivity index (χ0v) is 13.5. The predicted molar refractivity (Wildman–Crippen MR) is 84.8 cm³/mol. The highest BCUT2D eigenvalue weighted by Gasteiger charge is 2.27. The van der Waals surface area contributed by atoms with E-state index in [1.54, 1.807) is 29.6 Å². The maximum atomic E-state index is 13.7. The fourth-order valence-electron chi connectivity index (χ4n) is 2.26. The van der Waals surface area contributed by atoms with E-state index in [4.69, 9.17) is 4.74 Å². The fraction of sp³-hybridized carbons (Fsp3) is 0.0588. The van der Waals surface area contributed by atoms with Crippen LogP contribution in [0, 0.1) is 29.1 Å². The van der Waals surface area contributed by atoms with Crippen LogP contribution in [0.4, 0.5) is 27.6 Å². The Morgan fingerprint density at radius 3 is 2.26 bits per heavy atom. The molecule has 1 heterocycles. The number of halogens is 5. The van der Waals surface area contributed by atoms with Crippen LogP contribution in [-0.4, -0.2) is 23.2 Å². The molecule has 3 aromatic rings. The minimum Gasteiger partial charge on any atom is -0.497 e. The Morgan fingerprint density at radius 1 is 1.00 bits per heavy atom. The van der Waals surface area contributed by atoms with E-state index in [2.05, 4.69) is 10.2 Å². The van der Waals surface area contributed by atoms with Crippen LogP contribution in [0.25, 0.3) is 11.3 Å². The monoisotopic (exact) mass is 383 g/mol. The minimum atomic E-state index is -2.31. The summed E-state index contributed by atoms with van der Waals surface area (Å²) in [6, 6.07) is 7.91. The summed E-state index contributed by atoms with van der Waals surface area (Å²) in [6.07, 6.45) is 0. The van der Waals surface area contributed by atoms with E-state index in [0.29, 0.717) is 17.0 Å². The number of nitrogens with one attached hydrogen (secondary N) is 2. The molecule has 2 aromatic carbocycles. The first-order chi connectivity index (χ1) is 12.8. The molecule has 0 saturated carbocycles. The van der Waals surface area contributed by atoms with Gasteiger partial charge >= 0.3 is 0 Å². The van der Waals surface area contributed by atoms with E-state index in [-0.39, 0.29) is 5.69 Å². The number of aromatic amines is 1. The Hall–Kier alpha value is -3.43. The van der Waals surface area contributed by atoms with Gasteiger partial charge in [-0.3, -0.25) is 9.89 Å². The van der Waals surface area contributed by atoms with E-state index in [9.17, 15) is 26.7 Å². The van der Waals surface area contributed by atoms with Crippen molar-refractivity contribution in [2.75, 3.05) is 12.4 Å². The molecular weight excluding hydrogens is 373 g/mol. The van der Waals surface area contributed by atoms with Gasteiger partial charge in [-0.25, -0.2) is 22.0 Å². The molecule has 1 amide bonds. The SMILES string of the molecule is COc1cccc(-c2cc(C(=O)Nc3c(F)c(F)c(F)c(F)c3F)[nH]n2)c1. The van der Waals surface area contributed by atoms with Crippen LogP contribution in [0.15, 0.2) is 30.3 Å². The third-order valence-corrected chi connectivity index (χ3v) is 3.64. The second-order valence-corrected chi connectivity index (χ2v) is 5.30. The van der Waals surface area contributed by atoms with Gasteiger partial charge in [0, 0.05) is 5.56 Å². The number of hydrogen-bond donors (Lipinski definition) is 2. The molecule has 5 nitrogen and oxygen atoms in total. The number of methoxy groups -OCH3 is 1. The van der Waals surface area contributed by atoms with Crippen LogP contribution in [0.2, 0.25) is 0 Å². The first-order valence-electron chi connectivity index (χ1n) is 7.36. The highest BCUT2D eigenvalue weighted by molar-refractivity contribution is 6.03. The lowest BCUT2D eigenvalue weighted by molar-refractivity contribution is 0.102. The van der Waals surface area contributed by atoms with Gasteiger partial charge in [-0.1, -0.05) is 12.1 Å². The van der Waals surface area contributed by atoms with Gasteiger partial charge in [0.1, 0.15) is 17.1 Å². The van der Waals surface area contributed by atoms with Crippen molar-refractivity contribution >= 4 is 11.6 Å². The second-order valence-electron chi connectivity index (χ2n) is 5.30. The van der Waals surface area contributed by atoms with Crippen molar-refractivity contribution in [2.24, 2.45) is 0 Å². The molecule has 140 valence electrons. The summed E-state index contributed by atoms with van der Waals surface area (Å²) in [6.45, 7) is 0. The maximum Gasteiger partial charge on any atom is 0.273 e. The molecule has 3 rings (SSSR count). The Morgan fingerprint density at radius 2 is 1.63 bits per heavy atom. The molecule has 0 aliphatic carbocycles. The Kier molecular flexibility index (Phi) is 4.80. The lowest BCUT2D eigenvalue weighted by atomic mass is 10.1. The first kappa shape index (κ1) is 18.4. The number of H-pyrrole nitrogens is 1. The van der Waals surface area contributed by atoms with Gasteiger partial charge in [0.05, 0.1) is 12.8 Å². The summed E-state index contributed by atoms with van der Waals surface area (Å²) in [4.78, 5) is 12.1.